The Balaban J connectivity index is 2.62. The molecule has 4 nitrogen and oxygen atoms in total. The lowest BCUT2D eigenvalue weighted by atomic mass is 10.1. The number of thioether (sulfide) groups is 1. The van der Waals surface area contributed by atoms with Crippen LogP contribution in [0, 0.1) is 29.4 Å². The van der Waals surface area contributed by atoms with Crippen molar-refractivity contribution >= 4 is 23.1 Å². The predicted molar refractivity (Wildman–Crippen MR) is 72.5 cm³/mol. The van der Waals surface area contributed by atoms with Gasteiger partial charge in [-0.25, -0.2) is 0 Å². The minimum absolute atomic E-state index is 0.148. The monoisotopic (exact) mass is 250 g/mol. The van der Waals surface area contributed by atoms with Gasteiger partial charge in [0.05, 0.1) is 10.7 Å². The lowest BCUT2D eigenvalue weighted by Crippen LogP contribution is -2.07. The molecule has 1 rings (SSSR count). The summed E-state index contributed by atoms with van der Waals surface area (Å²) in [7, 11) is 0. The van der Waals surface area contributed by atoms with E-state index in [1.807, 2.05) is 0 Å². The standard InChI is InChI=1S/C12H14N2O2S/c1-3-8-17-9-7-13-11-6-4-5-10(2)12(11)14(15)16/h1,4-6,13H,7-9H2,2H3. The second-order valence-corrected chi connectivity index (χ2v) is 4.52. The van der Waals surface area contributed by atoms with Crippen LogP contribution in [-0.2, 0) is 0 Å². The van der Waals surface area contributed by atoms with Crippen molar-refractivity contribution in [2.75, 3.05) is 23.4 Å². The van der Waals surface area contributed by atoms with Crippen LogP contribution in [0.5, 0.6) is 0 Å². The number of hydrogen-bond donors (Lipinski definition) is 1. The van der Waals surface area contributed by atoms with E-state index in [9.17, 15) is 10.1 Å². The zero-order chi connectivity index (χ0) is 12.7. The number of aryl methyl sites for hydroxylation is 1. The molecule has 0 atom stereocenters. The van der Waals surface area contributed by atoms with E-state index < -0.39 is 0 Å². The number of nitro benzene ring substituents is 1. The molecule has 0 aromatic heterocycles. The summed E-state index contributed by atoms with van der Waals surface area (Å²) in [5, 5.41) is 14.0. The van der Waals surface area contributed by atoms with Gasteiger partial charge in [-0.05, 0) is 13.0 Å². The number of benzene rings is 1. The summed E-state index contributed by atoms with van der Waals surface area (Å²) in [6.45, 7) is 2.40. The Bertz CT molecular complexity index is 441. The zero-order valence-electron chi connectivity index (χ0n) is 9.60. The van der Waals surface area contributed by atoms with E-state index in [0.717, 1.165) is 5.75 Å². The number of anilines is 1. The highest BCUT2D eigenvalue weighted by atomic mass is 32.2. The molecular formula is C12H14N2O2S. The molecule has 1 aromatic carbocycles. The first-order valence-electron chi connectivity index (χ1n) is 5.16. The Morgan fingerprint density at radius 3 is 3.00 bits per heavy atom. The summed E-state index contributed by atoms with van der Waals surface area (Å²) >= 11 is 1.62. The van der Waals surface area contributed by atoms with Crippen LogP contribution >= 0.6 is 11.8 Å². The first-order chi connectivity index (χ1) is 8.16. The van der Waals surface area contributed by atoms with Crippen molar-refractivity contribution < 1.29 is 4.92 Å². The Labute approximate surface area is 105 Å². The van der Waals surface area contributed by atoms with E-state index in [1.54, 1.807) is 36.9 Å². The summed E-state index contributed by atoms with van der Waals surface area (Å²) in [5.41, 5.74) is 1.38. The van der Waals surface area contributed by atoms with Crippen LogP contribution < -0.4 is 5.32 Å². The maximum absolute atomic E-state index is 10.9. The Morgan fingerprint density at radius 1 is 1.59 bits per heavy atom. The van der Waals surface area contributed by atoms with Crippen molar-refractivity contribution in [2.24, 2.45) is 0 Å². The molecule has 90 valence electrons. The van der Waals surface area contributed by atoms with Crippen LogP contribution in [0.3, 0.4) is 0 Å². The third-order valence-corrected chi connectivity index (χ3v) is 3.03. The predicted octanol–water partition coefficient (Wildman–Crippen LogP) is 2.68. The Hall–Kier alpha value is -1.67. The second kappa shape index (κ2) is 6.81. The lowest BCUT2D eigenvalue weighted by molar-refractivity contribution is -0.384. The summed E-state index contributed by atoms with van der Waals surface area (Å²) in [6, 6.07) is 5.26. The highest BCUT2D eigenvalue weighted by molar-refractivity contribution is 7.99. The largest absolute Gasteiger partial charge is 0.379 e. The molecule has 0 aliphatic carbocycles. The Morgan fingerprint density at radius 2 is 2.35 bits per heavy atom. The van der Waals surface area contributed by atoms with Gasteiger partial charge >= 0.3 is 0 Å². The van der Waals surface area contributed by atoms with Crippen LogP contribution in [0.25, 0.3) is 0 Å². The van der Waals surface area contributed by atoms with Crippen LogP contribution in [0.1, 0.15) is 5.56 Å². The molecular weight excluding hydrogens is 236 g/mol. The van der Waals surface area contributed by atoms with Crippen molar-refractivity contribution in [2.45, 2.75) is 6.92 Å². The van der Waals surface area contributed by atoms with E-state index in [4.69, 9.17) is 6.42 Å². The number of nitro groups is 1. The molecule has 17 heavy (non-hydrogen) atoms. The summed E-state index contributed by atoms with van der Waals surface area (Å²) in [6.07, 6.45) is 5.13. The van der Waals surface area contributed by atoms with Gasteiger partial charge in [0.2, 0.25) is 0 Å². The smallest absolute Gasteiger partial charge is 0.295 e. The first-order valence-corrected chi connectivity index (χ1v) is 6.31. The number of terminal acetylenes is 1. The summed E-state index contributed by atoms with van der Waals surface area (Å²) < 4.78 is 0. The number of para-hydroxylation sites is 1. The maximum Gasteiger partial charge on any atom is 0.295 e. The van der Waals surface area contributed by atoms with Crippen molar-refractivity contribution in [3.05, 3.63) is 33.9 Å². The molecule has 1 aromatic rings. The minimum atomic E-state index is -0.355. The van der Waals surface area contributed by atoms with Crippen LogP contribution in [0.15, 0.2) is 18.2 Å². The van der Waals surface area contributed by atoms with Crippen molar-refractivity contribution in [3.63, 3.8) is 0 Å². The van der Waals surface area contributed by atoms with E-state index in [1.165, 1.54) is 0 Å². The molecule has 0 fully saturated rings. The normalized spacial score (nSPS) is 9.65. The molecule has 5 heteroatoms. The fourth-order valence-electron chi connectivity index (χ4n) is 1.43. The number of nitrogens with zero attached hydrogens (tertiary/aromatic N) is 1. The summed E-state index contributed by atoms with van der Waals surface area (Å²) in [5.74, 6) is 4.02. The first kappa shape index (κ1) is 13.4. The van der Waals surface area contributed by atoms with Gasteiger partial charge in [0.15, 0.2) is 0 Å². The van der Waals surface area contributed by atoms with Crippen molar-refractivity contribution in [3.8, 4) is 12.3 Å². The maximum atomic E-state index is 10.9. The quantitative estimate of drug-likeness (QED) is 0.365. The van der Waals surface area contributed by atoms with Crippen LogP contribution in [0.4, 0.5) is 11.4 Å². The van der Waals surface area contributed by atoms with Crippen LogP contribution in [0.2, 0.25) is 0 Å². The van der Waals surface area contributed by atoms with Gasteiger partial charge in [-0.1, -0.05) is 18.1 Å². The number of hydrogen-bond acceptors (Lipinski definition) is 4. The topological polar surface area (TPSA) is 55.2 Å². The van der Waals surface area contributed by atoms with E-state index in [-0.39, 0.29) is 10.6 Å². The third-order valence-electron chi connectivity index (χ3n) is 2.17. The van der Waals surface area contributed by atoms with E-state index in [0.29, 0.717) is 23.5 Å². The van der Waals surface area contributed by atoms with Crippen molar-refractivity contribution in [1.82, 2.24) is 0 Å². The molecule has 0 saturated heterocycles. The fraction of sp³-hybridized carbons (Fsp3) is 0.333. The molecule has 0 amide bonds. The van der Waals surface area contributed by atoms with Gasteiger partial charge in [-0.3, -0.25) is 10.1 Å². The van der Waals surface area contributed by atoms with Gasteiger partial charge in [-0.15, -0.1) is 18.2 Å². The van der Waals surface area contributed by atoms with E-state index in [2.05, 4.69) is 11.2 Å². The minimum Gasteiger partial charge on any atom is -0.379 e. The molecule has 0 unspecified atom stereocenters. The molecule has 0 aliphatic heterocycles. The average molecular weight is 250 g/mol. The second-order valence-electron chi connectivity index (χ2n) is 3.41. The molecule has 0 heterocycles. The molecule has 0 spiro atoms. The molecule has 0 saturated carbocycles. The highest BCUT2D eigenvalue weighted by Crippen LogP contribution is 2.27. The number of nitrogens with one attached hydrogen (secondary N) is 1. The fourth-order valence-corrected chi connectivity index (χ4v) is 1.94. The van der Waals surface area contributed by atoms with Gasteiger partial charge < -0.3 is 5.32 Å². The van der Waals surface area contributed by atoms with Crippen molar-refractivity contribution in [1.29, 1.82) is 0 Å². The third kappa shape index (κ3) is 4.00. The SMILES string of the molecule is C#CCSCCNc1cccc(C)c1[N+](=O)[O-]. The van der Waals surface area contributed by atoms with Gasteiger partial charge in [-0.2, -0.15) is 0 Å². The summed E-state index contributed by atoms with van der Waals surface area (Å²) in [4.78, 5) is 10.6. The number of rotatable bonds is 6. The highest BCUT2D eigenvalue weighted by Gasteiger charge is 2.15. The van der Waals surface area contributed by atoms with Gasteiger partial charge in [0, 0.05) is 17.9 Å². The van der Waals surface area contributed by atoms with Gasteiger partial charge in [0.1, 0.15) is 5.69 Å². The molecule has 0 radical (unpaired) electrons. The Kier molecular flexibility index (Phi) is 5.37. The zero-order valence-corrected chi connectivity index (χ0v) is 10.4. The average Bonchev–Trinajstić information content (AvgIpc) is 2.28. The lowest BCUT2D eigenvalue weighted by Gasteiger charge is -2.07. The van der Waals surface area contributed by atoms with E-state index >= 15 is 0 Å². The molecule has 0 aliphatic rings. The van der Waals surface area contributed by atoms with Crippen LogP contribution in [-0.4, -0.2) is 23.0 Å². The molecule has 1 N–H and O–H groups in total. The van der Waals surface area contributed by atoms with Gasteiger partial charge in [0.25, 0.3) is 5.69 Å². The molecule has 0 bridgehead atoms.